The molecule has 0 spiro atoms. The number of carbonyl (C=O) groups is 2. The summed E-state index contributed by atoms with van der Waals surface area (Å²) < 4.78 is 21.7. The number of fused-ring (bicyclic) bond motifs is 1. The number of hydrogen-bond acceptors (Lipinski definition) is 6. The van der Waals surface area contributed by atoms with Crippen LogP contribution in [-0.2, 0) is 9.53 Å². The van der Waals surface area contributed by atoms with E-state index in [2.05, 4.69) is 6.58 Å². The molecule has 6 nitrogen and oxygen atoms in total. The van der Waals surface area contributed by atoms with Gasteiger partial charge in [-0.2, -0.15) is 0 Å². The Morgan fingerprint density at radius 3 is 2.76 bits per heavy atom. The summed E-state index contributed by atoms with van der Waals surface area (Å²) in [4.78, 5) is 24.4. The van der Waals surface area contributed by atoms with Crippen molar-refractivity contribution in [3.63, 3.8) is 0 Å². The van der Waals surface area contributed by atoms with Gasteiger partial charge in [0.2, 0.25) is 5.78 Å². The second-order valence-electron chi connectivity index (χ2n) is 6.28. The molecule has 0 bridgehead atoms. The lowest BCUT2D eigenvalue weighted by molar-refractivity contribution is -0.144. The third-order valence-electron chi connectivity index (χ3n) is 4.17. The van der Waals surface area contributed by atoms with E-state index in [4.69, 9.17) is 18.9 Å². The van der Waals surface area contributed by atoms with Crippen molar-refractivity contribution in [1.82, 2.24) is 0 Å². The Morgan fingerprint density at radius 1 is 1.21 bits per heavy atom. The van der Waals surface area contributed by atoms with Crippen LogP contribution in [0.1, 0.15) is 28.4 Å². The van der Waals surface area contributed by atoms with Gasteiger partial charge >= 0.3 is 5.97 Å². The minimum atomic E-state index is -0.506. The zero-order valence-corrected chi connectivity index (χ0v) is 16.4. The SMILES string of the molecule is C=CCOC(=O)COc1cc(C)c2c(c1)O/C(=C\c1ccccc1OCC)C2=O. The van der Waals surface area contributed by atoms with Crippen molar-refractivity contribution in [2.75, 3.05) is 19.8 Å². The van der Waals surface area contributed by atoms with Gasteiger partial charge in [-0.05, 0) is 37.6 Å². The van der Waals surface area contributed by atoms with Crippen LogP contribution in [0.25, 0.3) is 6.08 Å². The first-order chi connectivity index (χ1) is 14.0. The van der Waals surface area contributed by atoms with E-state index in [1.165, 1.54) is 6.08 Å². The molecule has 0 aromatic heterocycles. The number of rotatable bonds is 8. The fourth-order valence-electron chi connectivity index (χ4n) is 2.92. The molecule has 150 valence electrons. The summed E-state index contributed by atoms with van der Waals surface area (Å²) in [7, 11) is 0. The molecule has 0 aliphatic carbocycles. The van der Waals surface area contributed by atoms with E-state index >= 15 is 0 Å². The van der Waals surface area contributed by atoms with Crippen LogP contribution in [0.4, 0.5) is 0 Å². The highest BCUT2D eigenvalue weighted by Gasteiger charge is 2.30. The smallest absolute Gasteiger partial charge is 0.344 e. The van der Waals surface area contributed by atoms with E-state index in [0.29, 0.717) is 35.0 Å². The number of hydrogen-bond donors (Lipinski definition) is 0. The molecule has 0 saturated carbocycles. The summed E-state index contributed by atoms with van der Waals surface area (Å²) in [6, 6.07) is 10.7. The van der Waals surface area contributed by atoms with Gasteiger partial charge in [-0.25, -0.2) is 4.79 Å². The molecule has 2 aromatic rings. The van der Waals surface area contributed by atoms with Crippen molar-refractivity contribution < 1.29 is 28.5 Å². The highest BCUT2D eigenvalue weighted by atomic mass is 16.6. The summed E-state index contributed by atoms with van der Waals surface area (Å²) in [6.45, 7) is 7.57. The van der Waals surface area contributed by atoms with Crippen LogP contribution in [0, 0.1) is 6.92 Å². The number of ketones is 1. The first-order valence-corrected chi connectivity index (χ1v) is 9.23. The molecule has 0 fully saturated rings. The number of allylic oxidation sites excluding steroid dienone is 1. The Labute approximate surface area is 169 Å². The molecule has 1 aliphatic heterocycles. The molecule has 3 rings (SSSR count). The van der Waals surface area contributed by atoms with Crippen LogP contribution in [0.15, 0.2) is 54.8 Å². The molecule has 0 radical (unpaired) electrons. The topological polar surface area (TPSA) is 71.1 Å². The maximum Gasteiger partial charge on any atom is 0.344 e. The van der Waals surface area contributed by atoms with Crippen molar-refractivity contribution in [3.05, 3.63) is 71.5 Å². The summed E-state index contributed by atoms with van der Waals surface area (Å²) in [5, 5.41) is 0. The summed E-state index contributed by atoms with van der Waals surface area (Å²) in [6.07, 6.45) is 3.15. The first-order valence-electron chi connectivity index (χ1n) is 9.23. The van der Waals surface area contributed by atoms with Gasteiger partial charge in [-0.1, -0.05) is 30.9 Å². The van der Waals surface area contributed by atoms with Crippen LogP contribution >= 0.6 is 0 Å². The van der Waals surface area contributed by atoms with Crippen LogP contribution in [0.2, 0.25) is 0 Å². The Morgan fingerprint density at radius 2 is 2.00 bits per heavy atom. The molecule has 2 aromatic carbocycles. The molecular weight excluding hydrogens is 372 g/mol. The van der Waals surface area contributed by atoms with E-state index in [0.717, 1.165) is 5.56 Å². The molecule has 6 heteroatoms. The van der Waals surface area contributed by atoms with Crippen molar-refractivity contribution in [1.29, 1.82) is 0 Å². The fourth-order valence-corrected chi connectivity index (χ4v) is 2.92. The lowest BCUT2D eigenvalue weighted by Gasteiger charge is -2.08. The van der Waals surface area contributed by atoms with Crippen molar-refractivity contribution >= 4 is 17.8 Å². The molecule has 1 heterocycles. The third-order valence-corrected chi connectivity index (χ3v) is 4.17. The largest absolute Gasteiger partial charge is 0.493 e. The Hall–Kier alpha value is -3.54. The van der Waals surface area contributed by atoms with Gasteiger partial charge in [0.1, 0.15) is 23.9 Å². The van der Waals surface area contributed by atoms with Crippen LogP contribution < -0.4 is 14.2 Å². The van der Waals surface area contributed by atoms with Gasteiger partial charge in [0, 0.05) is 11.6 Å². The van der Waals surface area contributed by atoms with E-state index in [-0.39, 0.29) is 24.8 Å². The Bertz CT molecular complexity index is 973. The van der Waals surface area contributed by atoms with Gasteiger partial charge < -0.3 is 18.9 Å². The highest BCUT2D eigenvalue weighted by Crippen LogP contribution is 2.38. The van der Waals surface area contributed by atoms with E-state index in [1.807, 2.05) is 31.2 Å². The van der Waals surface area contributed by atoms with Gasteiger partial charge in [0.25, 0.3) is 0 Å². The Kier molecular flexibility index (Phi) is 6.34. The second kappa shape index (κ2) is 9.10. The number of carbonyl (C=O) groups excluding carboxylic acids is 2. The zero-order chi connectivity index (χ0) is 20.8. The molecule has 0 atom stereocenters. The fraction of sp³-hybridized carbons (Fsp3) is 0.217. The molecule has 0 saturated heterocycles. The monoisotopic (exact) mass is 394 g/mol. The summed E-state index contributed by atoms with van der Waals surface area (Å²) >= 11 is 0. The van der Waals surface area contributed by atoms with Gasteiger partial charge in [0.15, 0.2) is 12.4 Å². The normalized spacial score (nSPS) is 13.6. The van der Waals surface area contributed by atoms with Crippen LogP contribution in [0.5, 0.6) is 17.2 Å². The number of ether oxygens (including phenoxy) is 4. The second-order valence-corrected chi connectivity index (χ2v) is 6.28. The number of esters is 1. The summed E-state index contributed by atoms with van der Waals surface area (Å²) in [5.41, 5.74) is 1.93. The zero-order valence-electron chi connectivity index (χ0n) is 16.4. The van der Waals surface area contributed by atoms with Crippen molar-refractivity contribution in [2.45, 2.75) is 13.8 Å². The maximum atomic E-state index is 12.8. The molecule has 0 N–H and O–H groups in total. The average Bonchev–Trinajstić information content (AvgIpc) is 3.02. The number of para-hydroxylation sites is 1. The first kappa shape index (κ1) is 20.2. The van der Waals surface area contributed by atoms with Gasteiger partial charge in [-0.15, -0.1) is 0 Å². The minimum Gasteiger partial charge on any atom is -0.493 e. The Balaban J connectivity index is 1.81. The lowest BCUT2D eigenvalue weighted by atomic mass is 10.0. The standard InChI is InChI=1S/C23H22O6/c1-4-10-27-21(24)14-28-17-11-15(3)22-19(13-17)29-20(23(22)25)12-16-8-6-7-9-18(16)26-5-2/h4,6-9,11-13H,1,5,10,14H2,2-3H3/b20-12-. The lowest BCUT2D eigenvalue weighted by Crippen LogP contribution is -2.14. The van der Waals surface area contributed by atoms with E-state index < -0.39 is 5.97 Å². The predicted octanol–water partition coefficient (Wildman–Crippen LogP) is 4.12. The molecule has 29 heavy (non-hydrogen) atoms. The van der Waals surface area contributed by atoms with Crippen molar-refractivity contribution in [3.8, 4) is 17.2 Å². The van der Waals surface area contributed by atoms with E-state index in [1.54, 1.807) is 25.1 Å². The highest BCUT2D eigenvalue weighted by molar-refractivity contribution is 6.15. The molecule has 1 aliphatic rings. The van der Waals surface area contributed by atoms with Crippen LogP contribution in [-0.4, -0.2) is 31.6 Å². The van der Waals surface area contributed by atoms with Crippen LogP contribution in [0.3, 0.4) is 0 Å². The third kappa shape index (κ3) is 4.66. The molecule has 0 amide bonds. The quantitative estimate of drug-likeness (QED) is 0.381. The van der Waals surface area contributed by atoms with Crippen molar-refractivity contribution in [2.24, 2.45) is 0 Å². The number of Topliss-reactive ketones (excluding diaryl/α,β-unsaturated/α-hetero) is 1. The van der Waals surface area contributed by atoms with E-state index in [9.17, 15) is 9.59 Å². The van der Waals surface area contributed by atoms with Gasteiger partial charge in [0.05, 0.1) is 12.2 Å². The molecular formula is C23H22O6. The minimum absolute atomic E-state index is 0.125. The number of benzene rings is 2. The predicted molar refractivity (Wildman–Crippen MR) is 108 cm³/mol. The maximum absolute atomic E-state index is 12.8. The van der Waals surface area contributed by atoms with Gasteiger partial charge in [-0.3, -0.25) is 4.79 Å². The number of aryl methyl sites for hydroxylation is 1. The molecule has 0 unspecified atom stereocenters. The summed E-state index contributed by atoms with van der Waals surface area (Å²) in [5.74, 6) is 0.977. The average molecular weight is 394 g/mol.